The van der Waals surface area contributed by atoms with E-state index in [1.807, 2.05) is 18.7 Å². The van der Waals surface area contributed by atoms with Gasteiger partial charge in [-0.2, -0.15) is 5.26 Å². The Labute approximate surface area is 113 Å². The Bertz CT molecular complexity index is 590. The SMILES string of the molecule is CC(C)N(CCC#N)c1ccc(S(N)(=O)=O)cc1N. The maximum absolute atomic E-state index is 11.2. The van der Waals surface area contributed by atoms with Crippen molar-refractivity contribution in [3.63, 3.8) is 0 Å². The summed E-state index contributed by atoms with van der Waals surface area (Å²) in [6.45, 7) is 4.49. The molecule has 1 rings (SSSR count). The third kappa shape index (κ3) is 3.84. The molecule has 0 fully saturated rings. The Kier molecular flexibility index (Phi) is 4.75. The minimum absolute atomic E-state index is 0.0160. The van der Waals surface area contributed by atoms with Gasteiger partial charge in [-0.3, -0.25) is 0 Å². The first-order chi connectivity index (χ1) is 8.77. The van der Waals surface area contributed by atoms with Gasteiger partial charge in [0.05, 0.1) is 28.8 Å². The molecule has 0 spiro atoms. The van der Waals surface area contributed by atoms with Crippen LogP contribution in [0.3, 0.4) is 0 Å². The molecule has 19 heavy (non-hydrogen) atoms. The Balaban J connectivity index is 3.16. The van der Waals surface area contributed by atoms with Crippen molar-refractivity contribution >= 4 is 21.4 Å². The molecule has 0 unspecified atom stereocenters. The maximum Gasteiger partial charge on any atom is 0.238 e. The molecule has 6 nitrogen and oxygen atoms in total. The summed E-state index contributed by atoms with van der Waals surface area (Å²) in [5.41, 5.74) is 6.92. The van der Waals surface area contributed by atoms with Crippen LogP contribution in [0.1, 0.15) is 20.3 Å². The fraction of sp³-hybridized carbons (Fsp3) is 0.417. The molecule has 1 aromatic carbocycles. The molecule has 1 aromatic rings. The number of benzene rings is 1. The third-order valence-electron chi connectivity index (χ3n) is 2.72. The van der Waals surface area contributed by atoms with Crippen LogP contribution >= 0.6 is 0 Å². The van der Waals surface area contributed by atoms with Crippen LogP contribution < -0.4 is 15.8 Å². The van der Waals surface area contributed by atoms with E-state index in [2.05, 4.69) is 6.07 Å². The Morgan fingerprint density at radius 3 is 2.47 bits per heavy atom. The summed E-state index contributed by atoms with van der Waals surface area (Å²) in [6, 6.07) is 6.61. The highest BCUT2D eigenvalue weighted by Gasteiger charge is 2.16. The molecule has 4 N–H and O–H groups in total. The van der Waals surface area contributed by atoms with E-state index in [1.165, 1.54) is 12.1 Å². The molecule has 104 valence electrons. The first kappa shape index (κ1) is 15.3. The number of anilines is 2. The van der Waals surface area contributed by atoms with Crippen molar-refractivity contribution in [3.05, 3.63) is 18.2 Å². The number of hydrogen-bond acceptors (Lipinski definition) is 5. The molecular weight excluding hydrogens is 264 g/mol. The molecule has 0 aliphatic heterocycles. The van der Waals surface area contributed by atoms with Gasteiger partial charge in [0.1, 0.15) is 0 Å². The van der Waals surface area contributed by atoms with Crippen LogP contribution in [0.2, 0.25) is 0 Å². The molecule has 0 amide bonds. The van der Waals surface area contributed by atoms with Crippen molar-refractivity contribution < 1.29 is 8.42 Å². The summed E-state index contributed by atoms with van der Waals surface area (Å²) >= 11 is 0. The van der Waals surface area contributed by atoms with Gasteiger partial charge in [-0.25, -0.2) is 13.6 Å². The minimum atomic E-state index is -3.76. The predicted octanol–water partition coefficient (Wildman–Crippen LogP) is 1.04. The highest BCUT2D eigenvalue weighted by atomic mass is 32.2. The highest BCUT2D eigenvalue weighted by molar-refractivity contribution is 7.89. The van der Waals surface area contributed by atoms with Crippen molar-refractivity contribution in [1.29, 1.82) is 5.26 Å². The number of sulfonamides is 1. The quantitative estimate of drug-likeness (QED) is 0.783. The van der Waals surface area contributed by atoms with E-state index in [4.69, 9.17) is 16.1 Å². The molecule has 0 aliphatic rings. The number of nitrogen functional groups attached to an aromatic ring is 1. The van der Waals surface area contributed by atoms with E-state index in [9.17, 15) is 8.42 Å². The van der Waals surface area contributed by atoms with E-state index in [0.717, 1.165) is 0 Å². The molecule has 0 bridgehead atoms. The fourth-order valence-electron chi connectivity index (χ4n) is 1.80. The fourth-order valence-corrected chi connectivity index (χ4v) is 2.35. The van der Waals surface area contributed by atoms with E-state index in [0.29, 0.717) is 24.3 Å². The van der Waals surface area contributed by atoms with Gasteiger partial charge in [0.15, 0.2) is 0 Å². The van der Waals surface area contributed by atoms with Gasteiger partial charge < -0.3 is 10.6 Å². The van der Waals surface area contributed by atoms with Gasteiger partial charge in [0.25, 0.3) is 0 Å². The smallest absolute Gasteiger partial charge is 0.238 e. The van der Waals surface area contributed by atoms with Crippen LogP contribution in [-0.4, -0.2) is 21.0 Å². The molecule has 0 radical (unpaired) electrons. The van der Waals surface area contributed by atoms with Crippen LogP contribution in [0.4, 0.5) is 11.4 Å². The van der Waals surface area contributed by atoms with Gasteiger partial charge in [0.2, 0.25) is 10.0 Å². The van der Waals surface area contributed by atoms with E-state index >= 15 is 0 Å². The Hall–Kier alpha value is -1.78. The lowest BCUT2D eigenvalue weighted by molar-refractivity contribution is 0.598. The van der Waals surface area contributed by atoms with E-state index < -0.39 is 10.0 Å². The minimum Gasteiger partial charge on any atom is -0.397 e. The molecule has 7 heteroatoms. The van der Waals surface area contributed by atoms with Gasteiger partial charge in [0, 0.05) is 12.6 Å². The second kappa shape index (κ2) is 5.91. The lowest BCUT2D eigenvalue weighted by atomic mass is 10.2. The standard InChI is InChI=1S/C12H18N4O2S/c1-9(2)16(7-3-6-13)12-5-4-10(8-11(12)14)19(15,17)18/h4-5,8-9H,3,7,14H2,1-2H3,(H2,15,17,18). The normalized spacial score (nSPS) is 11.3. The summed E-state index contributed by atoms with van der Waals surface area (Å²) in [6.07, 6.45) is 0.370. The summed E-state index contributed by atoms with van der Waals surface area (Å²) < 4.78 is 22.5. The van der Waals surface area contributed by atoms with Crippen molar-refractivity contribution in [1.82, 2.24) is 0 Å². The summed E-state index contributed by atoms with van der Waals surface area (Å²) in [5, 5.41) is 13.7. The average molecular weight is 282 g/mol. The zero-order chi connectivity index (χ0) is 14.6. The zero-order valence-electron chi connectivity index (χ0n) is 11.0. The number of primary sulfonamides is 1. The molecule has 0 aliphatic carbocycles. The van der Waals surface area contributed by atoms with Gasteiger partial charge in [-0.05, 0) is 32.0 Å². The molecular formula is C12H18N4O2S. The summed E-state index contributed by atoms with van der Waals surface area (Å²) in [4.78, 5) is 1.93. The lowest BCUT2D eigenvalue weighted by Gasteiger charge is -2.29. The van der Waals surface area contributed by atoms with Crippen molar-refractivity contribution in [3.8, 4) is 6.07 Å². The summed E-state index contributed by atoms with van der Waals surface area (Å²) in [5.74, 6) is 0. The second-order valence-electron chi connectivity index (χ2n) is 4.46. The van der Waals surface area contributed by atoms with Crippen LogP contribution in [0.25, 0.3) is 0 Å². The molecule has 0 aromatic heterocycles. The largest absolute Gasteiger partial charge is 0.397 e. The predicted molar refractivity (Wildman–Crippen MR) is 74.9 cm³/mol. The maximum atomic E-state index is 11.2. The second-order valence-corrected chi connectivity index (χ2v) is 6.02. The third-order valence-corrected chi connectivity index (χ3v) is 3.64. The van der Waals surface area contributed by atoms with Crippen molar-refractivity contribution in [2.75, 3.05) is 17.2 Å². The summed E-state index contributed by atoms with van der Waals surface area (Å²) in [7, 11) is -3.76. The van der Waals surface area contributed by atoms with Gasteiger partial charge >= 0.3 is 0 Å². The number of nitrogens with two attached hydrogens (primary N) is 2. The molecule has 0 saturated heterocycles. The number of nitriles is 1. The average Bonchev–Trinajstić information content (AvgIpc) is 2.29. The monoisotopic (exact) mass is 282 g/mol. The number of nitrogens with zero attached hydrogens (tertiary/aromatic N) is 2. The Morgan fingerprint density at radius 1 is 1.42 bits per heavy atom. The first-order valence-electron chi connectivity index (χ1n) is 5.83. The topological polar surface area (TPSA) is 113 Å². The lowest BCUT2D eigenvalue weighted by Crippen LogP contribution is -2.32. The van der Waals surface area contributed by atoms with Crippen molar-refractivity contribution in [2.45, 2.75) is 31.2 Å². The van der Waals surface area contributed by atoms with Crippen LogP contribution in [0.15, 0.2) is 23.1 Å². The van der Waals surface area contributed by atoms with E-state index in [1.54, 1.807) is 6.07 Å². The zero-order valence-corrected chi connectivity index (χ0v) is 11.8. The van der Waals surface area contributed by atoms with Gasteiger partial charge in [-0.1, -0.05) is 0 Å². The van der Waals surface area contributed by atoms with E-state index in [-0.39, 0.29) is 10.9 Å². The molecule has 0 heterocycles. The van der Waals surface area contributed by atoms with Crippen LogP contribution in [0.5, 0.6) is 0 Å². The number of rotatable bonds is 5. The van der Waals surface area contributed by atoms with Crippen molar-refractivity contribution in [2.24, 2.45) is 5.14 Å². The van der Waals surface area contributed by atoms with Gasteiger partial charge in [-0.15, -0.1) is 0 Å². The van der Waals surface area contributed by atoms with Crippen LogP contribution in [0, 0.1) is 11.3 Å². The molecule has 0 atom stereocenters. The Morgan fingerprint density at radius 2 is 2.05 bits per heavy atom. The number of hydrogen-bond donors (Lipinski definition) is 2. The first-order valence-corrected chi connectivity index (χ1v) is 7.38. The van der Waals surface area contributed by atoms with Crippen LogP contribution in [-0.2, 0) is 10.0 Å². The highest BCUT2D eigenvalue weighted by Crippen LogP contribution is 2.27. The molecule has 0 saturated carbocycles.